The van der Waals surface area contributed by atoms with Crippen LogP contribution in [0.3, 0.4) is 0 Å². The van der Waals surface area contributed by atoms with Crippen LogP contribution in [0.2, 0.25) is 0 Å². The lowest BCUT2D eigenvalue weighted by Gasteiger charge is -2.22. The lowest BCUT2D eigenvalue weighted by atomic mass is 9.99. The first kappa shape index (κ1) is 18.6. The van der Waals surface area contributed by atoms with Crippen molar-refractivity contribution in [3.8, 4) is 11.1 Å². The lowest BCUT2D eigenvalue weighted by molar-refractivity contribution is 0.0699. The average Bonchev–Trinajstić information content (AvgIpc) is 3.37. The monoisotopic (exact) mass is 398 g/mol. The molecule has 2 atom stereocenters. The molecular formula is C25H22N2O3. The molecule has 1 saturated heterocycles. The van der Waals surface area contributed by atoms with E-state index >= 15 is 0 Å². The van der Waals surface area contributed by atoms with Gasteiger partial charge < -0.3 is 14.4 Å². The Bertz CT molecular complexity index is 1180. The van der Waals surface area contributed by atoms with E-state index in [9.17, 15) is 9.90 Å². The van der Waals surface area contributed by atoms with Crippen LogP contribution in [0.4, 0.5) is 0 Å². The van der Waals surface area contributed by atoms with E-state index in [4.69, 9.17) is 4.42 Å². The van der Waals surface area contributed by atoms with E-state index in [0.29, 0.717) is 23.5 Å². The summed E-state index contributed by atoms with van der Waals surface area (Å²) >= 11 is 0. The maximum atomic E-state index is 13.3. The van der Waals surface area contributed by atoms with Crippen molar-refractivity contribution in [1.82, 2.24) is 9.88 Å². The van der Waals surface area contributed by atoms with Crippen molar-refractivity contribution in [2.75, 3.05) is 6.54 Å². The summed E-state index contributed by atoms with van der Waals surface area (Å²) in [5.74, 6) is 0.341. The third-order valence-electron chi connectivity index (χ3n) is 5.72. The van der Waals surface area contributed by atoms with Crippen LogP contribution in [-0.4, -0.2) is 33.5 Å². The maximum Gasteiger partial charge on any atom is 0.254 e. The SMILES string of the molecule is Cc1ccccc1-c1ccc(C(=O)N2C[C@H](O)C[C@H]2c2nc3ccccc3o2)cc1. The number of para-hydroxylation sites is 2. The first-order chi connectivity index (χ1) is 14.6. The number of β-amino-alcohol motifs (C(OH)–C–C–N with tert-alkyl or cyclic N) is 1. The number of aromatic nitrogens is 1. The minimum atomic E-state index is -0.597. The van der Waals surface area contributed by atoms with Gasteiger partial charge in [-0.1, -0.05) is 48.5 Å². The number of nitrogens with zero attached hydrogens (tertiary/aromatic N) is 2. The van der Waals surface area contributed by atoms with Crippen molar-refractivity contribution >= 4 is 17.0 Å². The Hall–Kier alpha value is -3.44. The third-order valence-corrected chi connectivity index (χ3v) is 5.72. The fraction of sp³-hybridized carbons (Fsp3) is 0.200. The minimum absolute atomic E-state index is 0.130. The number of amides is 1. The van der Waals surface area contributed by atoms with E-state index < -0.39 is 6.10 Å². The summed E-state index contributed by atoms with van der Waals surface area (Å²) in [6.07, 6.45) is -0.181. The Morgan fingerprint density at radius 3 is 2.53 bits per heavy atom. The van der Waals surface area contributed by atoms with Gasteiger partial charge in [0.1, 0.15) is 11.6 Å². The van der Waals surface area contributed by atoms with Gasteiger partial charge in [-0.2, -0.15) is 0 Å². The lowest BCUT2D eigenvalue weighted by Crippen LogP contribution is -2.31. The van der Waals surface area contributed by atoms with Gasteiger partial charge in [0.15, 0.2) is 5.58 Å². The number of hydrogen-bond acceptors (Lipinski definition) is 4. The number of carbonyl (C=O) groups is 1. The zero-order chi connectivity index (χ0) is 20.7. The van der Waals surface area contributed by atoms with E-state index in [-0.39, 0.29) is 18.5 Å². The van der Waals surface area contributed by atoms with Crippen LogP contribution in [0.5, 0.6) is 0 Å². The van der Waals surface area contributed by atoms with E-state index in [2.05, 4.69) is 24.0 Å². The molecule has 3 aromatic carbocycles. The number of oxazole rings is 1. The van der Waals surface area contributed by atoms with Crippen molar-refractivity contribution in [2.24, 2.45) is 0 Å². The predicted octanol–water partition coefficient (Wildman–Crippen LogP) is 4.75. The summed E-state index contributed by atoms with van der Waals surface area (Å²) < 4.78 is 5.89. The molecule has 0 radical (unpaired) electrons. The molecule has 1 amide bonds. The van der Waals surface area contributed by atoms with Crippen molar-refractivity contribution < 1.29 is 14.3 Å². The van der Waals surface area contributed by atoms with Gasteiger partial charge in [-0.15, -0.1) is 0 Å². The molecule has 0 saturated carbocycles. The topological polar surface area (TPSA) is 66.6 Å². The highest BCUT2D eigenvalue weighted by atomic mass is 16.4. The number of aliphatic hydroxyl groups excluding tert-OH is 1. The summed E-state index contributed by atoms with van der Waals surface area (Å²) in [6.45, 7) is 2.34. The molecule has 1 aromatic heterocycles. The Morgan fingerprint density at radius 1 is 1.03 bits per heavy atom. The molecular weight excluding hydrogens is 376 g/mol. The normalized spacial score (nSPS) is 18.8. The van der Waals surface area contributed by atoms with Crippen LogP contribution in [0.25, 0.3) is 22.2 Å². The average molecular weight is 398 g/mol. The third kappa shape index (κ3) is 3.27. The highest BCUT2D eigenvalue weighted by molar-refractivity contribution is 5.95. The molecule has 5 nitrogen and oxygen atoms in total. The van der Waals surface area contributed by atoms with Crippen molar-refractivity contribution in [2.45, 2.75) is 25.5 Å². The molecule has 30 heavy (non-hydrogen) atoms. The zero-order valence-corrected chi connectivity index (χ0v) is 16.7. The molecule has 1 N–H and O–H groups in total. The predicted molar refractivity (Wildman–Crippen MR) is 115 cm³/mol. The molecule has 2 heterocycles. The molecule has 1 fully saturated rings. The number of benzene rings is 3. The minimum Gasteiger partial charge on any atom is -0.438 e. The molecule has 0 unspecified atom stereocenters. The van der Waals surface area contributed by atoms with Crippen LogP contribution in [0, 0.1) is 6.92 Å². The Kier molecular flexibility index (Phi) is 4.60. The number of aryl methyl sites for hydroxylation is 1. The standard InChI is InChI=1S/C25H22N2O3/c1-16-6-2-3-7-20(16)17-10-12-18(13-11-17)25(29)27-15-19(28)14-22(27)24-26-21-8-4-5-9-23(21)30-24/h2-13,19,22,28H,14-15H2,1H3/t19-,22+/m1/s1. The number of fused-ring (bicyclic) bond motifs is 1. The number of rotatable bonds is 3. The fourth-order valence-electron chi connectivity index (χ4n) is 4.16. The molecule has 0 spiro atoms. The van der Waals surface area contributed by atoms with Gasteiger partial charge in [0.05, 0.1) is 6.10 Å². The van der Waals surface area contributed by atoms with Crippen LogP contribution in [0.1, 0.15) is 34.3 Å². The van der Waals surface area contributed by atoms with Crippen LogP contribution >= 0.6 is 0 Å². The smallest absolute Gasteiger partial charge is 0.254 e. The molecule has 0 aliphatic carbocycles. The number of likely N-dealkylation sites (tertiary alicyclic amines) is 1. The molecule has 150 valence electrons. The fourth-order valence-corrected chi connectivity index (χ4v) is 4.16. The van der Waals surface area contributed by atoms with Gasteiger partial charge in [0.2, 0.25) is 5.89 Å². The van der Waals surface area contributed by atoms with Crippen LogP contribution in [0.15, 0.2) is 77.2 Å². The van der Waals surface area contributed by atoms with E-state index in [1.165, 1.54) is 5.56 Å². The first-order valence-corrected chi connectivity index (χ1v) is 10.1. The van der Waals surface area contributed by atoms with E-state index in [1.807, 2.05) is 60.7 Å². The second-order valence-corrected chi connectivity index (χ2v) is 7.77. The van der Waals surface area contributed by atoms with Crippen molar-refractivity contribution in [1.29, 1.82) is 0 Å². The van der Waals surface area contributed by atoms with E-state index in [1.54, 1.807) is 4.90 Å². The number of carbonyl (C=O) groups excluding carboxylic acids is 1. The second kappa shape index (κ2) is 7.43. The van der Waals surface area contributed by atoms with Gasteiger partial charge in [-0.25, -0.2) is 4.98 Å². The second-order valence-electron chi connectivity index (χ2n) is 7.77. The summed E-state index contributed by atoms with van der Waals surface area (Å²) in [6, 6.07) is 22.9. The summed E-state index contributed by atoms with van der Waals surface area (Å²) in [7, 11) is 0. The summed E-state index contributed by atoms with van der Waals surface area (Å²) in [4.78, 5) is 19.5. The van der Waals surface area contributed by atoms with Gasteiger partial charge in [-0.3, -0.25) is 4.79 Å². The Morgan fingerprint density at radius 2 is 1.77 bits per heavy atom. The van der Waals surface area contributed by atoms with E-state index in [0.717, 1.165) is 16.6 Å². The summed E-state index contributed by atoms with van der Waals surface area (Å²) in [5.41, 5.74) is 5.43. The molecule has 1 aliphatic heterocycles. The molecule has 4 aromatic rings. The van der Waals surface area contributed by atoms with Gasteiger partial charge >= 0.3 is 0 Å². The molecule has 0 bridgehead atoms. The van der Waals surface area contributed by atoms with Gasteiger partial charge in [-0.05, 0) is 47.9 Å². The van der Waals surface area contributed by atoms with Gasteiger partial charge in [0.25, 0.3) is 5.91 Å². The highest BCUT2D eigenvalue weighted by Crippen LogP contribution is 2.35. The first-order valence-electron chi connectivity index (χ1n) is 10.1. The Balaban J connectivity index is 1.43. The largest absolute Gasteiger partial charge is 0.438 e. The summed E-state index contributed by atoms with van der Waals surface area (Å²) in [5, 5.41) is 10.3. The molecule has 5 rings (SSSR count). The van der Waals surface area contributed by atoms with Gasteiger partial charge in [0, 0.05) is 18.5 Å². The maximum absolute atomic E-state index is 13.3. The van der Waals surface area contributed by atoms with Crippen LogP contribution < -0.4 is 0 Å². The highest BCUT2D eigenvalue weighted by Gasteiger charge is 2.38. The quantitative estimate of drug-likeness (QED) is 0.541. The Labute approximate surface area is 174 Å². The molecule has 1 aliphatic rings. The zero-order valence-electron chi connectivity index (χ0n) is 16.7. The van der Waals surface area contributed by atoms with Crippen molar-refractivity contribution in [3.05, 3.63) is 89.8 Å². The van der Waals surface area contributed by atoms with Crippen molar-refractivity contribution in [3.63, 3.8) is 0 Å². The number of hydrogen-bond donors (Lipinski definition) is 1. The van der Waals surface area contributed by atoms with Crippen LogP contribution in [-0.2, 0) is 0 Å². The number of aliphatic hydroxyl groups is 1. The molecule has 5 heteroatoms.